The normalized spacial score (nSPS) is 15.9. The maximum Gasteiger partial charge on any atom is 0.416 e. The molecule has 4 nitrogen and oxygen atoms in total. The highest BCUT2D eigenvalue weighted by atomic mass is 19.4. The van der Waals surface area contributed by atoms with Gasteiger partial charge < -0.3 is 10.6 Å². The standard InChI is InChI=1S/C19H20F3N3O/c20-19(21,22)16-5-2-6-17(12-16)25-9-7-24(8-10-25)13-14-3-1-4-15(11-14)18(23)26/h1-6,11-12H,7-10,13H2,(H2,23,26). The van der Waals surface area contributed by atoms with Gasteiger partial charge in [-0.3, -0.25) is 9.69 Å². The van der Waals surface area contributed by atoms with Gasteiger partial charge in [-0.15, -0.1) is 0 Å². The molecule has 1 saturated heterocycles. The van der Waals surface area contributed by atoms with Crippen LogP contribution in [-0.2, 0) is 12.7 Å². The second-order valence-corrected chi connectivity index (χ2v) is 6.38. The lowest BCUT2D eigenvalue weighted by Gasteiger charge is -2.36. The zero-order chi connectivity index (χ0) is 18.7. The first-order chi connectivity index (χ1) is 12.3. The van der Waals surface area contributed by atoms with E-state index in [0.29, 0.717) is 30.9 Å². The summed E-state index contributed by atoms with van der Waals surface area (Å²) in [6.07, 6.45) is -4.33. The SMILES string of the molecule is NC(=O)c1cccc(CN2CCN(c3cccc(C(F)(F)F)c3)CC2)c1. The Labute approximate surface area is 150 Å². The predicted molar refractivity (Wildman–Crippen MR) is 93.9 cm³/mol. The first-order valence-corrected chi connectivity index (χ1v) is 8.36. The molecule has 2 aromatic rings. The Bertz CT molecular complexity index is 784. The molecule has 138 valence electrons. The zero-order valence-corrected chi connectivity index (χ0v) is 14.2. The highest BCUT2D eigenvalue weighted by Crippen LogP contribution is 2.31. The Hall–Kier alpha value is -2.54. The van der Waals surface area contributed by atoms with Crippen LogP contribution in [0.15, 0.2) is 48.5 Å². The Kier molecular flexibility index (Phi) is 5.18. The van der Waals surface area contributed by atoms with Crippen molar-refractivity contribution >= 4 is 11.6 Å². The van der Waals surface area contributed by atoms with E-state index in [1.54, 1.807) is 24.3 Å². The number of benzene rings is 2. The molecule has 1 aliphatic heterocycles. The summed E-state index contributed by atoms with van der Waals surface area (Å²) in [6, 6.07) is 12.6. The third kappa shape index (κ3) is 4.35. The van der Waals surface area contributed by atoms with Gasteiger partial charge in [-0.05, 0) is 35.9 Å². The van der Waals surface area contributed by atoms with Crippen LogP contribution in [0.25, 0.3) is 0 Å². The zero-order valence-electron chi connectivity index (χ0n) is 14.2. The Balaban J connectivity index is 1.61. The Morgan fingerprint density at radius 3 is 2.35 bits per heavy atom. The molecule has 0 unspecified atom stereocenters. The van der Waals surface area contributed by atoms with Crippen LogP contribution in [0.1, 0.15) is 21.5 Å². The van der Waals surface area contributed by atoms with Crippen molar-refractivity contribution in [2.24, 2.45) is 5.73 Å². The minimum Gasteiger partial charge on any atom is -0.369 e. The summed E-state index contributed by atoms with van der Waals surface area (Å²) < 4.78 is 38.6. The van der Waals surface area contributed by atoms with Crippen LogP contribution in [0.4, 0.5) is 18.9 Å². The quantitative estimate of drug-likeness (QED) is 0.908. The van der Waals surface area contributed by atoms with Gasteiger partial charge in [0.25, 0.3) is 0 Å². The maximum atomic E-state index is 12.9. The molecule has 26 heavy (non-hydrogen) atoms. The number of hydrogen-bond acceptors (Lipinski definition) is 3. The highest BCUT2D eigenvalue weighted by molar-refractivity contribution is 5.92. The van der Waals surface area contributed by atoms with E-state index in [0.717, 1.165) is 24.7 Å². The van der Waals surface area contributed by atoms with E-state index in [4.69, 9.17) is 5.73 Å². The van der Waals surface area contributed by atoms with E-state index < -0.39 is 17.6 Å². The average molecular weight is 363 g/mol. The van der Waals surface area contributed by atoms with Gasteiger partial charge in [0.15, 0.2) is 0 Å². The summed E-state index contributed by atoms with van der Waals surface area (Å²) in [7, 11) is 0. The Morgan fingerprint density at radius 2 is 1.69 bits per heavy atom. The van der Waals surface area contributed by atoms with Crippen molar-refractivity contribution in [3.8, 4) is 0 Å². The molecule has 1 amide bonds. The molecule has 7 heteroatoms. The van der Waals surface area contributed by atoms with E-state index in [9.17, 15) is 18.0 Å². The van der Waals surface area contributed by atoms with Gasteiger partial charge in [-0.2, -0.15) is 13.2 Å². The molecular formula is C19H20F3N3O. The van der Waals surface area contributed by atoms with Crippen LogP contribution in [0.2, 0.25) is 0 Å². The number of hydrogen-bond donors (Lipinski definition) is 1. The molecule has 0 radical (unpaired) electrons. The minimum absolute atomic E-state index is 0.457. The molecule has 2 N–H and O–H groups in total. The monoisotopic (exact) mass is 363 g/mol. The van der Waals surface area contributed by atoms with Gasteiger partial charge >= 0.3 is 6.18 Å². The molecule has 0 aliphatic carbocycles. The number of primary amides is 1. The van der Waals surface area contributed by atoms with Gasteiger partial charge in [0, 0.05) is 44.0 Å². The van der Waals surface area contributed by atoms with Crippen molar-refractivity contribution in [3.63, 3.8) is 0 Å². The van der Waals surface area contributed by atoms with Gasteiger partial charge in [0.2, 0.25) is 5.91 Å². The number of nitrogens with two attached hydrogens (primary N) is 1. The second-order valence-electron chi connectivity index (χ2n) is 6.38. The number of rotatable bonds is 4. The van der Waals surface area contributed by atoms with Crippen LogP contribution >= 0.6 is 0 Å². The molecule has 0 atom stereocenters. The summed E-state index contributed by atoms with van der Waals surface area (Å²) in [5.41, 5.74) is 6.74. The van der Waals surface area contributed by atoms with E-state index in [1.807, 2.05) is 11.0 Å². The summed E-state index contributed by atoms with van der Waals surface area (Å²) in [4.78, 5) is 15.4. The lowest BCUT2D eigenvalue weighted by molar-refractivity contribution is -0.137. The summed E-state index contributed by atoms with van der Waals surface area (Å²) in [6.45, 7) is 3.44. The minimum atomic E-state index is -4.33. The number of halogens is 3. The predicted octanol–water partition coefficient (Wildman–Crippen LogP) is 3.13. The lowest BCUT2D eigenvalue weighted by Crippen LogP contribution is -2.46. The van der Waals surface area contributed by atoms with Crippen LogP contribution in [0.5, 0.6) is 0 Å². The van der Waals surface area contributed by atoms with Crippen molar-refractivity contribution in [1.82, 2.24) is 4.90 Å². The van der Waals surface area contributed by atoms with E-state index in [2.05, 4.69) is 4.90 Å². The molecule has 0 aromatic heterocycles. The van der Waals surface area contributed by atoms with E-state index >= 15 is 0 Å². The van der Waals surface area contributed by atoms with Crippen LogP contribution < -0.4 is 10.6 Å². The summed E-state index contributed by atoms with van der Waals surface area (Å²) >= 11 is 0. The van der Waals surface area contributed by atoms with Crippen LogP contribution in [0.3, 0.4) is 0 Å². The molecule has 0 bridgehead atoms. The van der Waals surface area contributed by atoms with E-state index in [1.165, 1.54) is 12.1 Å². The van der Waals surface area contributed by atoms with E-state index in [-0.39, 0.29) is 0 Å². The van der Waals surface area contributed by atoms with Crippen molar-refractivity contribution in [3.05, 3.63) is 65.2 Å². The third-order valence-corrected chi connectivity index (χ3v) is 4.53. The largest absolute Gasteiger partial charge is 0.416 e. The molecule has 2 aromatic carbocycles. The topological polar surface area (TPSA) is 49.6 Å². The highest BCUT2D eigenvalue weighted by Gasteiger charge is 2.31. The maximum absolute atomic E-state index is 12.9. The summed E-state index contributed by atoms with van der Waals surface area (Å²) in [5, 5.41) is 0. The Morgan fingerprint density at radius 1 is 1.00 bits per heavy atom. The number of carbonyl (C=O) groups is 1. The average Bonchev–Trinajstić information content (AvgIpc) is 2.62. The third-order valence-electron chi connectivity index (χ3n) is 4.53. The molecule has 1 fully saturated rings. The lowest BCUT2D eigenvalue weighted by atomic mass is 10.1. The fraction of sp³-hybridized carbons (Fsp3) is 0.316. The molecule has 1 heterocycles. The van der Waals surface area contributed by atoms with Gasteiger partial charge in [0.1, 0.15) is 0 Å². The molecule has 3 rings (SSSR count). The first-order valence-electron chi connectivity index (χ1n) is 8.36. The van der Waals surface area contributed by atoms with Gasteiger partial charge in [-0.1, -0.05) is 18.2 Å². The number of alkyl halides is 3. The van der Waals surface area contributed by atoms with Crippen molar-refractivity contribution in [2.75, 3.05) is 31.1 Å². The first kappa shape index (κ1) is 18.3. The van der Waals surface area contributed by atoms with Crippen LogP contribution in [0, 0.1) is 0 Å². The second kappa shape index (κ2) is 7.37. The molecule has 1 aliphatic rings. The number of carbonyl (C=O) groups excluding carboxylic acids is 1. The number of piperazine rings is 1. The van der Waals surface area contributed by atoms with Crippen molar-refractivity contribution in [2.45, 2.75) is 12.7 Å². The molecule has 0 spiro atoms. The van der Waals surface area contributed by atoms with Crippen molar-refractivity contribution in [1.29, 1.82) is 0 Å². The van der Waals surface area contributed by atoms with Crippen LogP contribution in [-0.4, -0.2) is 37.0 Å². The molecular weight excluding hydrogens is 343 g/mol. The fourth-order valence-electron chi connectivity index (χ4n) is 3.12. The smallest absolute Gasteiger partial charge is 0.369 e. The molecule has 0 saturated carbocycles. The van der Waals surface area contributed by atoms with Gasteiger partial charge in [-0.25, -0.2) is 0 Å². The fourth-order valence-corrected chi connectivity index (χ4v) is 3.12. The summed E-state index contributed by atoms with van der Waals surface area (Å²) in [5.74, 6) is -0.457. The number of nitrogens with zero attached hydrogens (tertiary/aromatic N) is 2. The number of anilines is 1. The van der Waals surface area contributed by atoms with Crippen molar-refractivity contribution < 1.29 is 18.0 Å². The van der Waals surface area contributed by atoms with Gasteiger partial charge in [0.05, 0.1) is 5.56 Å². The number of amides is 1.